The number of benzene rings is 3. The van der Waals surface area contributed by atoms with E-state index in [4.69, 9.17) is 0 Å². The fourth-order valence-corrected chi connectivity index (χ4v) is 5.25. The summed E-state index contributed by atoms with van der Waals surface area (Å²) in [5, 5.41) is 27.6. The van der Waals surface area contributed by atoms with Gasteiger partial charge in [-0.1, -0.05) is 30.7 Å². The highest BCUT2D eigenvalue weighted by Gasteiger charge is 2.25. The molecule has 0 fully saturated rings. The van der Waals surface area contributed by atoms with Crippen molar-refractivity contribution in [2.45, 2.75) is 31.6 Å². The molecule has 0 saturated carbocycles. The van der Waals surface area contributed by atoms with Gasteiger partial charge in [0.2, 0.25) is 5.91 Å². The van der Waals surface area contributed by atoms with Crippen molar-refractivity contribution in [1.29, 1.82) is 0 Å². The van der Waals surface area contributed by atoms with Crippen molar-refractivity contribution in [3.05, 3.63) is 113 Å². The van der Waals surface area contributed by atoms with Crippen LogP contribution >= 0.6 is 0 Å². The van der Waals surface area contributed by atoms with E-state index in [0.717, 1.165) is 15.9 Å². The molecular weight excluding hydrogens is 514 g/mol. The van der Waals surface area contributed by atoms with Crippen molar-refractivity contribution in [2.24, 2.45) is 0 Å². The van der Waals surface area contributed by atoms with Gasteiger partial charge in [0.05, 0.1) is 11.6 Å². The number of nitrogens with zero attached hydrogens (tertiary/aromatic N) is 5. The third-order valence-electron chi connectivity index (χ3n) is 7.17. The Morgan fingerprint density at radius 1 is 0.925 bits per heavy atom. The smallest absolute Gasteiger partial charge is 0.224 e. The minimum Gasteiger partial charge on any atom is -0.618 e. The third kappa shape index (κ3) is 5.03. The molecule has 3 heterocycles. The fourth-order valence-electron chi connectivity index (χ4n) is 5.25. The number of halogens is 2. The summed E-state index contributed by atoms with van der Waals surface area (Å²) in [6.07, 6.45) is 5.12. The Hall–Kier alpha value is -4.99. The number of rotatable bonds is 3. The SMILES string of the molecule is O=C1CCCCC(c2ccc(-c3cc(F)ccc3-n3cnnn3)c[n+]2[O-])c2cccc(c2)-c2cc(F)ccc2N1. The van der Waals surface area contributed by atoms with Gasteiger partial charge >= 0.3 is 0 Å². The van der Waals surface area contributed by atoms with Crippen LogP contribution in [0.5, 0.6) is 0 Å². The van der Waals surface area contributed by atoms with Gasteiger partial charge in [0.25, 0.3) is 0 Å². The van der Waals surface area contributed by atoms with E-state index in [9.17, 15) is 18.8 Å². The van der Waals surface area contributed by atoms with Crippen LogP contribution in [-0.2, 0) is 4.79 Å². The number of carbonyl (C=O) groups is 1. The van der Waals surface area contributed by atoms with Crippen molar-refractivity contribution in [3.63, 3.8) is 0 Å². The highest BCUT2D eigenvalue weighted by Crippen LogP contribution is 2.36. The molecule has 40 heavy (non-hydrogen) atoms. The van der Waals surface area contributed by atoms with Gasteiger partial charge in [0.15, 0.2) is 11.9 Å². The number of hydrogen-bond donors (Lipinski definition) is 1. The summed E-state index contributed by atoms with van der Waals surface area (Å²) >= 11 is 0. The summed E-state index contributed by atoms with van der Waals surface area (Å²) < 4.78 is 30.7. The zero-order valence-corrected chi connectivity index (χ0v) is 21.3. The number of aromatic nitrogens is 5. The van der Waals surface area contributed by atoms with Crippen LogP contribution < -0.4 is 10.0 Å². The molecule has 1 N–H and O–H groups in total. The van der Waals surface area contributed by atoms with Crippen molar-refractivity contribution >= 4 is 11.6 Å². The Morgan fingerprint density at radius 2 is 1.75 bits per heavy atom. The molecule has 0 spiro atoms. The van der Waals surface area contributed by atoms with E-state index < -0.39 is 11.6 Å². The molecule has 3 aromatic carbocycles. The Kier molecular flexibility index (Phi) is 6.73. The maximum Gasteiger partial charge on any atom is 0.224 e. The molecule has 2 bridgehead atoms. The molecule has 2 aromatic heterocycles. The molecule has 1 aliphatic heterocycles. The molecule has 0 aliphatic carbocycles. The lowest BCUT2D eigenvalue weighted by molar-refractivity contribution is -0.614. The first-order valence-electron chi connectivity index (χ1n) is 12.9. The standard InChI is InChI=1S/C30H24F2N6O2/c31-22-9-11-27-25(15-22)20-5-3-4-19(14-20)24(6-1-2-7-30(39)34-27)29-12-8-21(17-38(29)40)26-16-23(32)10-13-28(26)37-18-33-35-36-37/h3-5,8-18,24H,1-2,6-7H2,(H,34,39). The molecule has 1 aliphatic rings. The van der Waals surface area contributed by atoms with Gasteiger partial charge in [-0.2, -0.15) is 9.41 Å². The van der Waals surface area contributed by atoms with Crippen LogP contribution in [0.2, 0.25) is 0 Å². The lowest BCUT2D eigenvalue weighted by Gasteiger charge is -2.20. The molecular formula is C30H24F2N6O2. The van der Waals surface area contributed by atoms with Crippen LogP contribution in [0, 0.1) is 16.8 Å². The van der Waals surface area contributed by atoms with Gasteiger partial charge in [-0.25, -0.2) is 8.78 Å². The monoisotopic (exact) mass is 538 g/mol. The largest absolute Gasteiger partial charge is 0.618 e. The highest BCUT2D eigenvalue weighted by atomic mass is 19.1. The molecule has 10 heteroatoms. The average Bonchev–Trinajstić information content (AvgIpc) is 3.49. The molecule has 8 nitrogen and oxygen atoms in total. The topological polar surface area (TPSA) is 99.6 Å². The Morgan fingerprint density at radius 3 is 2.55 bits per heavy atom. The summed E-state index contributed by atoms with van der Waals surface area (Å²) in [4.78, 5) is 12.6. The summed E-state index contributed by atoms with van der Waals surface area (Å²) in [6, 6.07) is 19.6. The molecule has 1 atom stereocenters. The van der Waals surface area contributed by atoms with Crippen LogP contribution in [0.25, 0.3) is 27.9 Å². The maximum absolute atomic E-state index is 14.2. The van der Waals surface area contributed by atoms with E-state index >= 15 is 0 Å². The first kappa shape index (κ1) is 25.3. The number of pyridine rings is 1. The molecule has 1 amide bonds. The molecule has 5 aromatic rings. The number of nitrogens with one attached hydrogen (secondary N) is 1. The first-order chi connectivity index (χ1) is 19.5. The van der Waals surface area contributed by atoms with Crippen molar-refractivity contribution < 1.29 is 18.3 Å². The number of anilines is 1. The number of amides is 1. The van der Waals surface area contributed by atoms with E-state index in [1.165, 1.54) is 41.5 Å². The molecule has 0 radical (unpaired) electrons. The third-order valence-corrected chi connectivity index (χ3v) is 7.17. The van der Waals surface area contributed by atoms with Gasteiger partial charge in [-0.15, -0.1) is 5.10 Å². The summed E-state index contributed by atoms with van der Waals surface area (Å²) in [5.41, 5.74) is 4.76. The second-order valence-electron chi connectivity index (χ2n) is 9.75. The number of hydrogen-bond acceptors (Lipinski definition) is 5. The zero-order chi connectivity index (χ0) is 27.6. The van der Waals surface area contributed by atoms with Gasteiger partial charge in [0, 0.05) is 34.9 Å². The quantitative estimate of drug-likeness (QED) is 0.240. The van der Waals surface area contributed by atoms with Gasteiger partial charge in [-0.05, 0) is 76.9 Å². The second-order valence-corrected chi connectivity index (χ2v) is 9.75. The lowest BCUT2D eigenvalue weighted by atomic mass is 9.87. The predicted octanol–water partition coefficient (Wildman–Crippen LogP) is 5.55. The zero-order valence-electron chi connectivity index (χ0n) is 21.3. The van der Waals surface area contributed by atoms with Crippen LogP contribution in [0.3, 0.4) is 0 Å². The van der Waals surface area contributed by atoms with Crippen molar-refractivity contribution in [1.82, 2.24) is 20.2 Å². The number of carbonyl (C=O) groups excluding carboxylic acids is 1. The Bertz CT molecular complexity index is 1710. The minimum atomic E-state index is -0.453. The van der Waals surface area contributed by atoms with Crippen LogP contribution in [0.1, 0.15) is 42.9 Å². The fraction of sp³-hybridized carbons (Fsp3) is 0.167. The summed E-state index contributed by atoms with van der Waals surface area (Å²) in [6.45, 7) is 0. The highest BCUT2D eigenvalue weighted by molar-refractivity contribution is 5.95. The average molecular weight is 539 g/mol. The van der Waals surface area contributed by atoms with E-state index in [-0.39, 0.29) is 11.8 Å². The second kappa shape index (κ2) is 10.6. The van der Waals surface area contributed by atoms with E-state index in [1.54, 1.807) is 24.3 Å². The van der Waals surface area contributed by atoms with Gasteiger partial charge < -0.3 is 10.5 Å². The lowest BCUT2D eigenvalue weighted by Crippen LogP contribution is -2.33. The Balaban J connectivity index is 1.43. The van der Waals surface area contributed by atoms with Gasteiger partial charge in [-0.3, -0.25) is 4.79 Å². The molecule has 0 saturated heterocycles. The number of tetrazole rings is 1. The van der Waals surface area contributed by atoms with Crippen molar-refractivity contribution in [2.75, 3.05) is 5.32 Å². The van der Waals surface area contributed by atoms with Crippen LogP contribution in [0.15, 0.2) is 85.3 Å². The number of fused-ring (bicyclic) bond motifs is 4. The molecule has 6 rings (SSSR count). The normalized spacial score (nSPS) is 15.4. The van der Waals surface area contributed by atoms with Crippen molar-refractivity contribution in [3.8, 4) is 27.9 Å². The van der Waals surface area contributed by atoms with Gasteiger partial charge in [0.1, 0.15) is 18.0 Å². The van der Waals surface area contributed by atoms with Crippen LogP contribution in [-0.4, -0.2) is 26.1 Å². The van der Waals surface area contributed by atoms with Crippen LogP contribution in [0.4, 0.5) is 14.5 Å². The maximum atomic E-state index is 14.2. The summed E-state index contributed by atoms with van der Waals surface area (Å²) in [5.74, 6) is -1.28. The first-order valence-corrected chi connectivity index (χ1v) is 12.9. The van der Waals surface area contributed by atoms with E-state index in [1.807, 2.05) is 24.3 Å². The molecule has 1 unspecified atom stereocenters. The van der Waals surface area contributed by atoms with E-state index in [0.29, 0.717) is 59.4 Å². The Labute approximate surface area is 228 Å². The molecule has 200 valence electrons. The minimum absolute atomic E-state index is 0.141. The van der Waals surface area contributed by atoms with E-state index in [2.05, 4.69) is 20.8 Å². The summed E-state index contributed by atoms with van der Waals surface area (Å²) in [7, 11) is 0. The predicted molar refractivity (Wildman–Crippen MR) is 144 cm³/mol.